The van der Waals surface area contributed by atoms with Gasteiger partial charge in [0.2, 0.25) is 11.8 Å². The lowest BCUT2D eigenvalue weighted by atomic mass is 10.0. The van der Waals surface area contributed by atoms with Gasteiger partial charge < -0.3 is 15.2 Å². The number of carbonyl (C=O) groups is 2. The Balaban J connectivity index is 1.82. The van der Waals surface area contributed by atoms with Gasteiger partial charge in [-0.15, -0.1) is 0 Å². The summed E-state index contributed by atoms with van der Waals surface area (Å²) in [5.41, 5.74) is 1.22. The molecule has 2 N–H and O–H groups in total. The molecule has 0 saturated carbocycles. The van der Waals surface area contributed by atoms with E-state index in [4.69, 9.17) is 4.52 Å². The van der Waals surface area contributed by atoms with E-state index in [2.05, 4.69) is 15.8 Å². The first kappa shape index (κ1) is 22.6. The van der Waals surface area contributed by atoms with Gasteiger partial charge in [0, 0.05) is 12.1 Å². The Bertz CT molecular complexity index is 1130. The molecule has 1 aromatic heterocycles. The van der Waals surface area contributed by atoms with Gasteiger partial charge in [-0.25, -0.2) is 0 Å². The number of hydrogen-bond donors (Lipinski definition) is 2. The lowest BCUT2D eigenvalue weighted by molar-refractivity contribution is -0.384. The number of aryl methyl sites for hydroxylation is 2. The summed E-state index contributed by atoms with van der Waals surface area (Å²) in [6.07, 6.45) is 0. The maximum atomic E-state index is 13.2. The zero-order chi connectivity index (χ0) is 23.3. The van der Waals surface area contributed by atoms with Crippen molar-refractivity contribution < 1.29 is 19.0 Å². The van der Waals surface area contributed by atoms with E-state index in [0.29, 0.717) is 16.9 Å². The van der Waals surface area contributed by atoms with Crippen molar-refractivity contribution in [3.05, 3.63) is 81.6 Å². The fraction of sp³-hybridized carbons (Fsp3) is 0.227. The maximum absolute atomic E-state index is 13.2. The minimum Gasteiger partial charge on any atom is -0.360 e. The molecule has 1 atom stereocenters. The summed E-state index contributed by atoms with van der Waals surface area (Å²) in [7, 11) is 1.62. The molecule has 10 nitrogen and oxygen atoms in total. The third kappa shape index (κ3) is 5.55. The Morgan fingerprint density at radius 1 is 1.12 bits per heavy atom. The number of nitro benzene ring substituents is 1. The number of nitrogens with zero attached hydrogens (tertiary/aromatic N) is 3. The predicted octanol–water partition coefficient (Wildman–Crippen LogP) is 3.45. The van der Waals surface area contributed by atoms with Crippen molar-refractivity contribution in [3.8, 4) is 0 Å². The molecule has 32 heavy (non-hydrogen) atoms. The Kier molecular flexibility index (Phi) is 6.96. The van der Waals surface area contributed by atoms with Crippen molar-refractivity contribution in [1.82, 2.24) is 10.1 Å². The topological polar surface area (TPSA) is 131 Å². The van der Waals surface area contributed by atoms with Crippen LogP contribution in [0.5, 0.6) is 0 Å². The van der Waals surface area contributed by atoms with Crippen molar-refractivity contribution in [2.45, 2.75) is 19.9 Å². The fourth-order valence-corrected chi connectivity index (χ4v) is 3.27. The van der Waals surface area contributed by atoms with Gasteiger partial charge in [0.25, 0.3) is 5.69 Å². The van der Waals surface area contributed by atoms with E-state index >= 15 is 0 Å². The summed E-state index contributed by atoms with van der Waals surface area (Å²) in [6.45, 7) is 3.30. The van der Waals surface area contributed by atoms with Crippen LogP contribution in [0.25, 0.3) is 0 Å². The second-order valence-electron chi connectivity index (χ2n) is 7.37. The molecule has 2 aromatic carbocycles. The Morgan fingerprint density at radius 2 is 1.84 bits per heavy atom. The molecular formula is C22H23N5O5. The highest BCUT2D eigenvalue weighted by atomic mass is 16.6. The van der Waals surface area contributed by atoms with Crippen molar-refractivity contribution >= 4 is 29.0 Å². The zero-order valence-corrected chi connectivity index (χ0v) is 17.9. The van der Waals surface area contributed by atoms with Crippen molar-refractivity contribution in [2.75, 3.05) is 24.2 Å². The first-order valence-corrected chi connectivity index (χ1v) is 9.79. The molecule has 0 fully saturated rings. The molecule has 10 heteroatoms. The van der Waals surface area contributed by atoms with Crippen molar-refractivity contribution in [1.29, 1.82) is 0 Å². The normalized spacial score (nSPS) is 11.8. The van der Waals surface area contributed by atoms with Gasteiger partial charge >= 0.3 is 0 Å². The zero-order valence-electron chi connectivity index (χ0n) is 17.9. The molecule has 0 saturated heterocycles. The summed E-state index contributed by atoms with van der Waals surface area (Å²) < 4.78 is 4.93. The third-order valence-corrected chi connectivity index (χ3v) is 4.70. The Morgan fingerprint density at radius 3 is 2.47 bits per heavy atom. The van der Waals surface area contributed by atoms with Crippen LogP contribution < -0.4 is 10.6 Å². The summed E-state index contributed by atoms with van der Waals surface area (Å²) in [6, 6.07) is 14.1. The summed E-state index contributed by atoms with van der Waals surface area (Å²) in [4.78, 5) is 38.1. The number of amides is 2. The molecule has 3 rings (SSSR count). The Hall–Kier alpha value is -4.05. The largest absolute Gasteiger partial charge is 0.360 e. The van der Waals surface area contributed by atoms with Crippen LogP contribution in [-0.4, -0.2) is 40.4 Å². The van der Waals surface area contributed by atoms with E-state index in [-0.39, 0.29) is 23.7 Å². The molecular weight excluding hydrogens is 414 g/mol. The van der Waals surface area contributed by atoms with Crippen LogP contribution in [0.1, 0.15) is 22.9 Å². The monoisotopic (exact) mass is 437 g/mol. The molecule has 0 bridgehead atoms. The van der Waals surface area contributed by atoms with Crippen LogP contribution in [0.4, 0.5) is 17.2 Å². The van der Waals surface area contributed by atoms with Gasteiger partial charge in [-0.05, 0) is 38.1 Å². The second kappa shape index (κ2) is 9.84. The van der Waals surface area contributed by atoms with Crippen molar-refractivity contribution in [2.24, 2.45) is 0 Å². The maximum Gasteiger partial charge on any atom is 0.293 e. The molecule has 0 aliphatic carbocycles. The minimum atomic E-state index is -0.873. The molecule has 0 spiro atoms. The van der Waals surface area contributed by atoms with Crippen LogP contribution in [-0.2, 0) is 9.59 Å². The average molecular weight is 437 g/mol. The first-order valence-electron chi connectivity index (χ1n) is 9.79. The molecule has 3 aromatic rings. The van der Waals surface area contributed by atoms with Crippen LogP contribution in [0, 0.1) is 24.0 Å². The predicted molar refractivity (Wildman–Crippen MR) is 118 cm³/mol. The van der Waals surface area contributed by atoms with E-state index in [0.717, 1.165) is 0 Å². The number of hydrogen-bond acceptors (Lipinski definition) is 7. The standard InChI is InChI=1S/C22H23N5O5/c1-14-9-10-17(18(11-14)27(30)31)23-22(29)21(16-7-5-4-6-8-16)26(3)13-20(28)24-19-12-15(2)32-25-19/h4-12,21H,13H2,1-3H3,(H,23,29)(H,24,25,28). The summed E-state index contributed by atoms with van der Waals surface area (Å²) in [5, 5.41) is 20.4. The highest BCUT2D eigenvalue weighted by Gasteiger charge is 2.28. The van der Waals surface area contributed by atoms with Gasteiger partial charge in [0.15, 0.2) is 5.82 Å². The smallest absolute Gasteiger partial charge is 0.293 e. The highest BCUT2D eigenvalue weighted by Crippen LogP contribution is 2.28. The molecule has 1 heterocycles. The number of rotatable bonds is 8. The summed E-state index contributed by atoms with van der Waals surface area (Å²) in [5.74, 6) is -0.0710. The van der Waals surface area contributed by atoms with Crippen molar-refractivity contribution in [3.63, 3.8) is 0 Å². The van der Waals surface area contributed by atoms with Gasteiger partial charge in [0.05, 0.1) is 11.5 Å². The van der Waals surface area contributed by atoms with Gasteiger partial charge in [-0.2, -0.15) is 0 Å². The van der Waals surface area contributed by atoms with E-state index < -0.39 is 22.8 Å². The van der Waals surface area contributed by atoms with Crippen LogP contribution in [0.2, 0.25) is 0 Å². The second-order valence-corrected chi connectivity index (χ2v) is 7.37. The summed E-state index contributed by atoms with van der Waals surface area (Å²) >= 11 is 0. The molecule has 166 valence electrons. The quantitative estimate of drug-likeness (QED) is 0.408. The molecule has 0 radical (unpaired) electrons. The number of nitrogens with one attached hydrogen (secondary N) is 2. The molecule has 2 amide bonds. The molecule has 0 aliphatic rings. The van der Waals surface area contributed by atoms with Gasteiger partial charge in [-0.1, -0.05) is 41.6 Å². The van der Waals surface area contributed by atoms with Gasteiger partial charge in [0.1, 0.15) is 17.5 Å². The van der Waals surface area contributed by atoms with E-state index in [1.54, 1.807) is 62.2 Å². The number of aromatic nitrogens is 1. The number of benzene rings is 2. The fourth-order valence-electron chi connectivity index (χ4n) is 3.27. The number of anilines is 2. The molecule has 1 unspecified atom stereocenters. The lowest BCUT2D eigenvalue weighted by Crippen LogP contribution is -2.39. The van der Waals surface area contributed by atoms with E-state index in [1.165, 1.54) is 12.1 Å². The van der Waals surface area contributed by atoms with E-state index in [9.17, 15) is 19.7 Å². The van der Waals surface area contributed by atoms with Crippen LogP contribution >= 0.6 is 0 Å². The SMILES string of the molecule is Cc1ccc(NC(=O)C(c2ccccc2)N(C)CC(=O)Nc2cc(C)on2)c([N+](=O)[O-])c1. The third-order valence-electron chi connectivity index (χ3n) is 4.70. The van der Waals surface area contributed by atoms with Gasteiger partial charge in [-0.3, -0.25) is 24.6 Å². The number of likely N-dealkylation sites (N-methyl/N-ethyl adjacent to an activating group) is 1. The lowest BCUT2D eigenvalue weighted by Gasteiger charge is -2.27. The minimum absolute atomic E-state index is 0.0856. The first-order chi connectivity index (χ1) is 15.2. The van der Waals surface area contributed by atoms with Crippen LogP contribution in [0.3, 0.4) is 0 Å². The van der Waals surface area contributed by atoms with E-state index in [1.807, 2.05) is 6.07 Å². The highest BCUT2D eigenvalue weighted by molar-refractivity contribution is 5.98. The number of nitro groups is 1. The van der Waals surface area contributed by atoms with Crippen LogP contribution in [0.15, 0.2) is 59.1 Å². The number of carbonyl (C=O) groups excluding carboxylic acids is 2. The Labute approximate surface area is 184 Å². The average Bonchev–Trinajstić information content (AvgIpc) is 3.14. The molecule has 0 aliphatic heterocycles.